The van der Waals surface area contributed by atoms with Crippen LogP contribution >= 0.6 is 0 Å². The monoisotopic (exact) mass is 347 g/mol. The molecular weight excluding hydrogens is 326 g/mol. The van der Waals surface area contributed by atoms with Gasteiger partial charge in [-0.1, -0.05) is 0 Å². The SMILES string of the molecule is CCOC(=O)CCN/C=C(/C#N)C(=O)Nc1ccc(OC)c(OC)c1. The van der Waals surface area contributed by atoms with Gasteiger partial charge in [0.1, 0.15) is 11.6 Å². The molecule has 0 atom stereocenters. The van der Waals surface area contributed by atoms with Crippen LogP contribution in [0.5, 0.6) is 11.5 Å². The van der Waals surface area contributed by atoms with Crippen molar-refractivity contribution >= 4 is 17.6 Å². The molecule has 1 amide bonds. The van der Waals surface area contributed by atoms with Crippen LogP contribution in [0.4, 0.5) is 5.69 Å². The van der Waals surface area contributed by atoms with Crippen molar-refractivity contribution in [1.29, 1.82) is 5.26 Å². The van der Waals surface area contributed by atoms with Gasteiger partial charge in [0.05, 0.1) is 27.2 Å². The Balaban J connectivity index is 2.65. The van der Waals surface area contributed by atoms with Crippen molar-refractivity contribution in [3.63, 3.8) is 0 Å². The van der Waals surface area contributed by atoms with E-state index in [-0.39, 0.29) is 24.5 Å². The molecule has 8 heteroatoms. The van der Waals surface area contributed by atoms with Gasteiger partial charge < -0.3 is 24.8 Å². The van der Waals surface area contributed by atoms with Gasteiger partial charge in [-0.05, 0) is 19.1 Å². The van der Waals surface area contributed by atoms with Gasteiger partial charge in [-0.3, -0.25) is 9.59 Å². The van der Waals surface area contributed by atoms with Crippen molar-refractivity contribution in [1.82, 2.24) is 5.32 Å². The van der Waals surface area contributed by atoms with E-state index in [1.165, 1.54) is 20.4 Å². The summed E-state index contributed by atoms with van der Waals surface area (Å²) in [6.07, 6.45) is 1.40. The number of hydrogen-bond donors (Lipinski definition) is 2. The Hall–Kier alpha value is -3.21. The molecule has 1 aromatic rings. The smallest absolute Gasteiger partial charge is 0.307 e. The van der Waals surface area contributed by atoms with Gasteiger partial charge in [0.2, 0.25) is 0 Å². The predicted octanol–water partition coefficient (Wildman–Crippen LogP) is 1.59. The van der Waals surface area contributed by atoms with Gasteiger partial charge in [0.15, 0.2) is 11.5 Å². The number of hydrogen-bond acceptors (Lipinski definition) is 7. The van der Waals surface area contributed by atoms with E-state index in [2.05, 4.69) is 10.6 Å². The number of ether oxygens (including phenoxy) is 3. The third-order valence-electron chi connectivity index (χ3n) is 3.03. The van der Waals surface area contributed by atoms with Crippen LogP contribution in [0.2, 0.25) is 0 Å². The molecule has 0 bridgehead atoms. The fourth-order valence-electron chi connectivity index (χ4n) is 1.84. The van der Waals surface area contributed by atoms with Crippen LogP contribution in [0.3, 0.4) is 0 Å². The molecule has 0 saturated heterocycles. The first-order valence-corrected chi connectivity index (χ1v) is 7.58. The zero-order valence-corrected chi connectivity index (χ0v) is 14.4. The van der Waals surface area contributed by atoms with E-state index in [0.29, 0.717) is 23.8 Å². The molecule has 2 N–H and O–H groups in total. The molecule has 0 aliphatic heterocycles. The number of carbonyl (C=O) groups excluding carboxylic acids is 2. The quantitative estimate of drug-likeness (QED) is 0.302. The molecule has 0 unspecified atom stereocenters. The largest absolute Gasteiger partial charge is 0.493 e. The number of nitriles is 1. The molecule has 134 valence electrons. The van der Waals surface area contributed by atoms with Crippen molar-refractivity contribution in [3.05, 3.63) is 30.0 Å². The summed E-state index contributed by atoms with van der Waals surface area (Å²) in [5, 5.41) is 14.4. The fourth-order valence-corrected chi connectivity index (χ4v) is 1.84. The summed E-state index contributed by atoms with van der Waals surface area (Å²) in [7, 11) is 2.99. The number of amides is 1. The van der Waals surface area contributed by atoms with Crippen molar-refractivity contribution < 1.29 is 23.8 Å². The number of rotatable bonds is 9. The molecule has 0 aliphatic carbocycles. The number of carbonyl (C=O) groups is 2. The molecule has 0 aromatic heterocycles. The Labute approximate surface area is 146 Å². The maximum Gasteiger partial charge on any atom is 0.307 e. The molecule has 0 aliphatic rings. The zero-order valence-electron chi connectivity index (χ0n) is 14.4. The average Bonchev–Trinajstić information content (AvgIpc) is 2.61. The number of nitrogens with one attached hydrogen (secondary N) is 2. The maximum atomic E-state index is 12.1. The Kier molecular flexibility index (Phi) is 8.37. The lowest BCUT2D eigenvalue weighted by atomic mass is 10.2. The number of methoxy groups -OCH3 is 2. The summed E-state index contributed by atoms with van der Waals surface area (Å²) < 4.78 is 15.0. The highest BCUT2D eigenvalue weighted by Crippen LogP contribution is 2.29. The summed E-state index contributed by atoms with van der Waals surface area (Å²) in [5.41, 5.74) is 0.328. The number of esters is 1. The van der Waals surface area contributed by atoms with E-state index in [9.17, 15) is 9.59 Å². The van der Waals surface area contributed by atoms with Crippen LogP contribution < -0.4 is 20.1 Å². The van der Waals surface area contributed by atoms with Gasteiger partial charge >= 0.3 is 5.97 Å². The van der Waals surface area contributed by atoms with Gasteiger partial charge in [-0.25, -0.2) is 0 Å². The van der Waals surface area contributed by atoms with E-state index in [1.807, 2.05) is 0 Å². The standard InChI is InChI=1S/C17H21N3O5/c1-4-25-16(21)7-8-19-11-12(10-18)17(22)20-13-5-6-14(23-2)15(9-13)24-3/h5-6,9,11,19H,4,7-8H2,1-3H3,(H,20,22)/b12-11-. The van der Waals surface area contributed by atoms with Crippen LogP contribution in [0.15, 0.2) is 30.0 Å². The van der Waals surface area contributed by atoms with E-state index in [4.69, 9.17) is 19.5 Å². The summed E-state index contributed by atoms with van der Waals surface area (Å²) >= 11 is 0. The highest BCUT2D eigenvalue weighted by atomic mass is 16.5. The van der Waals surface area contributed by atoms with Gasteiger partial charge in [0.25, 0.3) is 5.91 Å². The minimum Gasteiger partial charge on any atom is -0.493 e. The summed E-state index contributed by atoms with van der Waals surface area (Å²) in [4.78, 5) is 23.3. The van der Waals surface area contributed by atoms with Gasteiger partial charge in [-0.15, -0.1) is 0 Å². The minimum atomic E-state index is -0.585. The Morgan fingerprint density at radius 2 is 1.96 bits per heavy atom. The van der Waals surface area contributed by atoms with Gasteiger partial charge in [0, 0.05) is 24.5 Å². The second-order valence-corrected chi connectivity index (χ2v) is 4.70. The van der Waals surface area contributed by atoms with Crippen molar-refractivity contribution in [3.8, 4) is 17.6 Å². The third-order valence-corrected chi connectivity index (χ3v) is 3.03. The number of nitrogens with zero attached hydrogens (tertiary/aromatic N) is 1. The summed E-state index contributed by atoms with van der Waals surface area (Å²) in [6.45, 7) is 2.29. The molecule has 0 fully saturated rings. The number of benzene rings is 1. The van der Waals surface area contributed by atoms with E-state index < -0.39 is 5.91 Å². The van der Waals surface area contributed by atoms with Crippen LogP contribution in [0, 0.1) is 11.3 Å². The lowest BCUT2D eigenvalue weighted by Gasteiger charge is -2.10. The first kappa shape index (κ1) is 19.8. The van der Waals surface area contributed by atoms with Crippen molar-refractivity contribution in [2.24, 2.45) is 0 Å². The maximum absolute atomic E-state index is 12.1. The molecule has 25 heavy (non-hydrogen) atoms. The minimum absolute atomic E-state index is 0.126. The molecule has 0 spiro atoms. The molecule has 1 rings (SSSR count). The average molecular weight is 347 g/mol. The third kappa shape index (κ3) is 6.43. The van der Waals surface area contributed by atoms with Crippen LogP contribution in [-0.4, -0.2) is 39.2 Å². The lowest BCUT2D eigenvalue weighted by Crippen LogP contribution is -2.19. The summed E-state index contributed by atoms with van der Waals surface area (Å²) in [6, 6.07) is 6.65. The second-order valence-electron chi connectivity index (χ2n) is 4.70. The van der Waals surface area contributed by atoms with Crippen molar-refractivity contribution in [2.45, 2.75) is 13.3 Å². The zero-order chi connectivity index (χ0) is 18.7. The first-order valence-electron chi connectivity index (χ1n) is 7.58. The molecule has 0 saturated carbocycles. The fraction of sp³-hybridized carbons (Fsp3) is 0.353. The number of anilines is 1. The Bertz CT molecular complexity index is 679. The summed E-state index contributed by atoms with van der Waals surface area (Å²) in [5.74, 6) is 0.0440. The molecular formula is C17H21N3O5. The van der Waals surface area contributed by atoms with E-state index in [1.54, 1.807) is 31.2 Å². The van der Waals surface area contributed by atoms with Crippen LogP contribution in [0.1, 0.15) is 13.3 Å². The van der Waals surface area contributed by atoms with Crippen LogP contribution in [0.25, 0.3) is 0 Å². The lowest BCUT2D eigenvalue weighted by molar-refractivity contribution is -0.142. The van der Waals surface area contributed by atoms with Crippen LogP contribution in [-0.2, 0) is 14.3 Å². The first-order chi connectivity index (χ1) is 12.0. The van der Waals surface area contributed by atoms with Gasteiger partial charge in [-0.2, -0.15) is 5.26 Å². The van der Waals surface area contributed by atoms with E-state index >= 15 is 0 Å². The molecule has 1 aromatic carbocycles. The predicted molar refractivity (Wildman–Crippen MR) is 91.1 cm³/mol. The second kappa shape index (κ2) is 10.5. The molecule has 8 nitrogen and oxygen atoms in total. The van der Waals surface area contributed by atoms with Crippen molar-refractivity contribution in [2.75, 3.05) is 32.7 Å². The normalized spacial score (nSPS) is 10.4. The Morgan fingerprint density at radius 1 is 1.24 bits per heavy atom. The highest BCUT2D eigenvalue weighted by molar-refractivity contribution is 6.06. The topological polar surface area (TPSA) is 110 Å². The Morgan fingerprint density at radius 3 is 2.56 bits per heavy atom. The molecule has 0 heterocycles. The highest BCUT2D eigenvalue weighted by Gasteiger charge is 2.11. The van der Waals surface area contributed by atoms with E-state index in [0.717, 1.165) is 0 Å². The molecule has 0 radical (unpaired) electrons.